The fraction of sp³-hybridized carbons (Fsp3) is 0.394. The molecule has 43 heavy (non-hydrogen) atoms. The number of hydrogen-bond donors (Lipinski definition) is 2. The number of nitrogens with one attached hydrogen (secondary N) is 1. The van der Waals surface area contributed by atoms with Crippen molar-refractivity contribution in [3.05, 3.63) is 82.4 Å². The Morgan fingerprint density at radius 3 is 2.28 bits per heavy atom. The number of amides is 2. The van der Waals surface area contributed by atoms with Crippen molar-refractivity contribution in [1.82, 2.24) is 24.3 Å². The highest BCUT2D eigenvalue weighted by Crippen LogP contribution is 2.32. The molecule has 2 fully saturated rings. The second-order valence-electron chi connectivity index (χ2n) is 12.4. The number of pyridine rings is 1. The van der Waals surface area contributed by atoms with Gasteiger partial charge in [0.05, 0.1) is 17.2 Å². The smallest absolute Gasteiger partial charge is 0.407 e. The Bertz CT molecular complexity index is 1710. The summed E-state index contributed by atoms with van der Waals surface area (Å²) in [5.74, 6) is -0.281. The molecular weight excluding hydrogens is 546 g/mol. The molecule has 2 N–H and O–H groups in total. The molecule has 0 radical (unpaired) electrons. The molecule has 0 saturated carbocycles. The van der Waals surface area contributed by atoms with Crippen LogP contribution in [0.1, 0.15) is 62.1 Å². The number of benzene rings is 2. The first kappa shape index (κ1) is 28.7. The first-order valence-electron chi connectivity index (χ1n) is 14.8. The maximum Gasteiger partial charge on any atom is 0.407 e. The zero-order chi connectivity index (χ0) is 30.3. The van der Waals surface area contributed by atoms with Crippen molar-refractivity contribution in [1.29, 1.82) is 0 Å². The Labute approximate surface area is 249 Å². The van der Waals surface area contributed by atoms with Crippen molar-refractivity contribution in [2.75, 3.05) is 26.3 Å². The Morgan fingerprint density at radius 1 is 0.977 bits per heavy atom. The van der Waals surface area contributed by atoms with E-state index in [-0.39, 0.29) is 29.9 Å². The standard InChI is InChI=1S/C33H37N5O5/c1-33(2,3)26-19-27-29(35-28(26)30(39)34-23-14-17-43-18-15-23)38(25-13-16-36(20-25)32(41)42)31(40)37(27)24-11-9-22(10-12-24)21-7-5-4-6-8-21/h4-12,19,23,25H,13-18,20H2,1-3H3,(H,34,39)(H,41,42)/t25-/m0/s1. The third-order valence-electron chi connectivity index (χ3n) is 8.46. The van der Waals surface area contributed by atoms with Crippen molar-refractivity contribution in [3.63, 3.8) is 0 Å². The van der Waals surface area contributed by atoms with Crippen molar-refractivity contribution in [2.24, 2.45) is 0 Å². The molecule has 0 aliphatic carbocycles. The molecule has 2 aromatic heterocycles. The number of rotatable bonds is 5. The summed E-state index contributed by atoms with van der Waals surface area (Å²) < 4.78 is 8.68. The minimum Gasteiger partial charge on any atom is -0.465 e. The Morgan fingerprint density at radius 2 is 1.65 bits per heavy atom. The van der Waals surface area contributed by atoms with Crippen LogP contribution in [0.25, 0.3) is 28.0 Å². The highest BCUT2D eigenvalue weighted by Gasteiger charge is 2.34. The number of ether oxygens (including phenoxy) is 1. The van der Waals surface area contributed by atoms with Crippen LogP contribution in [0, 0.1) is 0 Å². The quantitative estimate of drug-likeness (QED) is 0.342. The Hall–Kier alpha value is -4.44. The molecule has 0 spiro atoms. The van der Waals surface area contributed by atoms with Gasteiger partial charge in [-0.15, -0.1) is 0 Å². The van der Waals surface area contributed by atoms with Crippen LogP contribution in [-0.2, 0) is 10.2 Å². The third-order valence-corrected chi connectivity index (χ3v) is 8.46. The highest BCUT2D eigenvalue weighted by atomic mass is 16.5. The summed E-state index contributed by atoms with van der Waals surface area (Å²) in [5, 5.41) is 12.8. The summed E-state index contributed by atoms with van der Waals surface area (Å²) in [6, 6.07) is 19.3. The number of carbonyl (C=O) groups is 2. The van der Waals surface area contributed by atoms with Crippen LogP contribution >= 0.6 is 0 Å². The second-order valence-corrected chi connectivity index (χ2v) is 12.4. The molecule has 10 nitrogen and oxygen atoms in total. The fourth-order valence-corrected chi connectivity index (χ4v) is 6.12. The Balaban J connectivity index is 1.52. The molecule has 2 saturated heterocycles. The van der Waals surface area contributed by atoms with Gasteiger partial charge in [0.15, 0.2) is 5.65 Å². The number of nitrogens with zero attached hydrogens (tertiary/aromatic N) is 4. The lowest BCUT2D eigenvalue weighted by Gasteiger charge is -2.26. The SMILES string of the molecule is CC(C)(C)c1cc2c(nc1C(=O)NC1CCOCC1)n([C@H]1CCN(C(=O)O)C1)c(=O)n2-c1ccc(-c2ccccc2)cc1. The van der Waals surface area contributed by atoms with E-state index in [2.05, 4.69) is 5.32 Å². The molecule has 10 heteroatoms. The Kier molecular flexibility index (Phi) is 7.56. The molecule has 224 valence electrons. The maximum absolute atomic E-state index is 14.3. The number of aromatic nitrogens is 3. The van der Waals surface area contributed by atoms with Gasteiger partial charge in [0.1, 0.15) is 5.69 Å². The lowest BCUT2D eigenvalue weighted by Crippen LogP contribution is -2.40. The summed E-state index contributed by atoms with van der Waals surface area (Å²) in [5.41, 5.74) is 3.97. The first-order valence-corrected chi connectivity index (χ1v) is 14.8. The van der Waals surface area contributed by atoms with E-state index < -0.39 is 17.6 Å². The van der Waals surface area contributed by atoms with Crippen LogP contribution in [0.5, 0.6) is 0 Å². The van der Waals surface area contributed by atoms with Crippen LogP contribution in [0.15, 0.2) is 65.5 Å². The molecule has 2 aromatic carbocycles. The molecule has 4 aromatic rings. The largest absolute Gasteiger partial charge is 0.465 e. The van der Waals surface area contributed by atoms with Gasteiger partial charge in [-0.2, -0.15) is 0 Å². The van der Waals surface area contributed by atoms with Gasteiger partial charge in [0.25, 0.3) is 5.91 Å². The van der Waals surface area contributed by atoms with Gasteiger partial charge < -0.3 is 20.1 Å². The molecule has 6 rings (SSSR count). The maximum atomic E-state index is 14.3. The van der Waals surface area contributed by atoms with Crippen molar-refractivity contribution in [3.8, 4) is 16.8 Å². The molecule has 2 amide bonds. The molecule has 0 unspecified atom stereocenters. The van der Waals surface area contributed by atoms with Crippen LogP contribution in [0.4, 0.5) is 4.79 Å². The van der Waals surface area contributed by atoms with Crippen LogP contribution in [-0.4, -0.2) is 68.5 Å². The number of carbonyl (C=O) groups excluding carboxylic acids is 1. The zero-order valence-corrected chi connectivity index (χ0v) is 24.7. The van der Waals surface area contributed by atoms with E-state index in [1.165, 1.54) is 4.90 Å². The lowest BCUT2D eigenvalue weighted by atomic mass is 9.85. The number of imidazole rings is 1. The zero-order valence-electron chi connectivity index (χ0n) is 24.7. The molecule has 0 bridgehead atoms. The van der Waals surface area contributed by atoms with Crippen LogP contribution in [0.2, 0.25) is 0 Å². The lowest BCUT2D eigenvalue weighted by molar-refractivity contribution is 0.0693. The summed E-state index contributed by atoms with van der Waals surface area (Å²) in [6.45, 7) is 7.76. The van der Waals surface area contributed by atoms with Gasteiger partial charge in [-0.3, -0.25) is 13.9 Å². The van der Waals surface area contributed by atoms with Gasteiger partial charge in [-0.05, 0) is 59.6 Å². The summed E-state index contributed by atoms with van der Waals surface area (Å²) in [4.78, 5) is 46.0. The average molecular weight is 584 g/mol. The van der Waals surface area contributed by atoms with E-state index in [1.54, 1.807) is 9.13 Å². The van der Waals surface area contributed by atoms with E-state index in [0.29, 0.717) is 43.0 Å². The van der Waals surface area contributed by atoms with Gasteiger partial charge in [0, 0.05) is 32.3 Å². The van der Waals surface area contributed by atoms with Crippen molar-refractivity contribution < 1.29 is 19.4 Å². The summed E-state index contributed by atoms with van der Waals surface area (Å²) >= 11 is 0. The predicted molar refractivity (Wildman–Crippen MR) is 164 cm³/mol. The van der Waals surface area contributed by atoms with Gasteiger partial charge in [-0.25, -0.2) is 14.6 Å². The van der Waals surface area contributed by atoms with Crippen molar-refractivity contribution in [2.45, 2.75) is 57.5 Å². The van der Waals surface area contributed by atoms with Gasteiger partial charge >= 0.3 is 11.8 Å². The van der Waals surface area contributed by atoms with Gasteiger partial charge in [0.2, 0.25) is 0 Å². The minimum absolute atomic E-state index is 0.0135. The van der Waals surface area contributed by atoms with Crippen molar-refractivity contribution >= 4 is 23.2 Å². The number of fused-ring (bicyclic) bond motifs is 1. The fourth-order valence-electron chi connectivity index (χ4n) is 6.12. The van der Waals surface area contributed by atoms with E-state index in [0.717, 1.165) is 29.5 Å². The third kappa shape index (κ3) is 5.54. The highest BCUT2D eigenvalue weighted by molar-refractivity contribution is 5.96. The molecule has 2 aliphatic heterocycles. The van der Waals surface area contributed by atoms with E-state index in [1.807, 2.05) is 81.4 Å². The monoisotopic (exact) mass is 583 g/mol. The van der Waals surface area contributed by atoms with E-state index in [4.69, 9.17) is 9.72 Å². The molecular formula is C33H37N5O5. The number of hydrogen-bond acceptors (Lipinski definition) is 5. The molecule has 4 heterocycles. The predicted octanol–water partition coefficient (Wildman–Crippen LogP) is 4.99. The molecule has 2 aliphatic rings. The normalized spacial score (nSPS) is 17.8. The molecule has 1 atom stereocenters. The number of likely N-dealkylation sites (tertiary alicyclic amines) is 1. The summed E-state index contributed by atoms with van der Waals surface area (Å²) in [6.07, 6.45) is 0.915. The van der Waals surface area contributed by atoms with E-state index >= 15 is 0 Å². The second kappa shape index (κ2) is 11.3. The minimum atomic E-state index is -1.02. The van der Waals surface area contributed by atoms with Gasteiger partial charge in [-0.1, -0.05) is 63.2 Å². The van der Waals surface area contributed by atoms with Crippen LogP contribution < -0.4 is 11.0 Å². The average Bonchev–Trinajstić information content (AvgIpc) is 3.59. The first-order chi connectivity index (χ1) is 20.6. The van der Waals surface area contributed by atoms with Crippen LogP contribution in [0.3, 0.4) is 0 Å². The number of carboxylic acid groups (broad SMARTS) is 1. The van der Waals surface area contributed by atoms with E-state index in [9.17, 15) is 19.5 Å². The summed E-state index contributed by atoms with van der Waals surface area (Å²) in [7, 11) is 0. The topological polar surface area (TPSA) is 119 Å².